The Balaban J connectivity index is 1.17. The fourth-order valence-electron chi connectivity index (χ4n) is 5.86. The van der Waals surface area contributed by atoms with Gasteiger partial charge in [-0.1, -0.05) is 36.4 Å². The maximum atomic E-state index is 12.8. The van der Waals surface area contributed by atoms with E-state index in [1.54, 1.807) is 0 Å². The van der Waals surface area contributed by atoms with Crippen molar-refractivity contribution in [2.24, 2.45) is 5.41 Å². The van der Waals surface area contributed by atoms with Crippen LogP contribution in [0.1, 0.15) is 42.9 Å². The molecule has 8 heteroatoms. The second kappa shape index (κ2) is 8.67. The Hall–Kier alpha value is -3.41. The van der Waals surface area contributed by atoms with Crippen molar-refractivity contribution in [3.05, 3.63) is 65.2 Å². The number of piperidine rings is 1. The van der Waals surface area contributed by atoms with Crippen LogP contribution in [0, 0.1) is 16.7 Å². The van der Waals surface area contributed by atoms with Gasteiger partial charge in [0.2, 0.25) is 0 Å². The fourth-order valence-corrected chi connectivity index (χ4v) is 5.86. The molecule has 0 bridgehead atoms. The van der Waals surface area contributed by atoms with Crippen LogP contribution >= 0.6 is 0 Å². The molecule has 0 radical (unpaired) electrons. The van der Waals surface area contributed by atoms with Crippen LogP contribution < -0.4 is 10.2 Å². The quantitative estimate of drug-likeness (QED) is 0.607. The van der Waals surface area contributed by atoms with Crippen molar-refractivity contribution in [3.63, 3.8) is 0 Å². The summed E-state index contributed by atoms with van der Waals surface area (Å²) in [6, 6.07) is 17.4. The lowest BCUT2D eigenvalue weighted by atomic mass is 9.88. The van der Waals surface area contributed by atoms with Crippen molar-refractivity contribution in [1.82, 2.24) is 10.2 Å². The number of amides is 2. The zero-order valence-electron chi connectivity index (χ0n) is 19.8. The molecule has 2 aliphatic heterocycles. The number of hydrogen-bond acceptors (Lipinski definition) is 6. The first-order valence-corrected chi connectivity index (χ1v) is 12.0. The molecule has 1 saturated heterocycles. The van der Waals surface area contributed by atoms with Gasteiger partial charge in [-0.2, -0.15) is 5.26 Å². The first kappa shape index (κ1) is 23.3. The van der Waals surface area contributed by atoms with Crippen molar-refractivity contribution in [2.75, 3.05) is 18.0 Å². The molecular formula is C27H30N4O4. The lowest BCUT2D eigenvalue weighted by Gasteiger charge is -2.37. The number of nitrogens with one attached hydrogen (secondary N) is 1. The summed E-state index contributed by atoms with van der Waals surface area (Å²) in [6.45, 7) is 4.20. The van der Waals surface area contributed by atoms with Crippen LogP contribution in [0.3, 0.4) is 0 Å². The number of carbonyl (C=O) groups is 2. The minimum atomic E-state index is -1.83. The molecule has 2 heterocycles. The molecule has 1 unspecified atom stereocenters. The fraction of sp³-hybridized carbons (Fsp3) is 0.444. The summed E-state index contributed by atoms with van der Waals surface area (Å²) < 4.78 is 0. The number of nitriles is 1. The lowest BCUT2D eigenvalue weighted by Crippen LogP contribution is -2.53. The van der Waals surface area contributed by atoms with E-state index in [4.69, 9.17) is 0 Å². The van der Waals surface area contributed by atoms with Gasteiger partial charge in [-0.05, 0) is 54.9 Å². The molecule has 3 aliphatic rings. The number of para-hydroxylation sites is 1. The Morgan fingerprint density at radius 1 is 1.00 bits per heavy atom. The van der Waals surface area contributed by atoms with Crippen LogP contribution in [-0.4, -0.2) is 57.8 Å². The number of hydrogen-bond donors (Lipinski definition) is 3. The molecule has 2 amide bonds. The predicted octanol–water partition coefficient (Wildman–Crippen LogP) is 1.69. The number of benzene rings is 2. The second-order valence-corrected chi connectivity index (χ2v) is 10.2. The number of aliphatic hydroxyl groups excluding tert-OH is 2. The Morgan fingerprint density at radius 2 is 1.60 bits per heavy atom. The molecule has 2 aromatic rings. The summed E-state index contributed by atoms with van der Waals surface area (Å²) in [5.41, 5.74) is 2.99. The molecule has 2 fully saturated rings. The third-order valence-electron chi connectivity index (χ3n) is 8.20. The highest BCUT2D eigenvalue weighted by molar-refractivity contribution is 5.91. The van der Waals surface area contributed by atoms with Gasteiger partial charge in [0.25, 0.3) is 11.8 Å². The molecule has 1 spiro atoms. The van der Waals surface area contributed by atoms with Crippen LogP contribution in [0.2, 0.25) is 0 Å². The summed E-state index contributed by atoms with van der Waals surface area (Å²) in [7, 11) is 0. The van der Waals surface area contributed by atoms with E-state index in [0.717, 1.165) is 49.2 Å². The Kier molecular flexibility index (Phi) is 5.78. The molecule has 0 aromatic heterocycles. The van der Waals surface area contributed by atoms with Gasteiger partial charge in [0, 0.05) is 31.7 Å². The third-order valence-corrected chi connectivity index (χ3v) is 8.20. The largest absolute Gasteiger partial charge is 0.380 e. The highest BCUT2D eigenvalue weighted by Crippen LogP contribution is 2.62. The highest BCUT2D eigenvalue weighted by atomic mass is 16.3. The van der Waals surface area contributed by atoms with E-state index >= 15 is 0 Å². The summed E-state index contributed by atoms with van der Waals surface area (Å²) >= 11 is 0. The Bertz CT molecular complexity index is 1170. The van der Waals surface area contributed by atoms with Gasteiger partial charge in [-0.15, -0.1) is 0 Å². The van der Waals surface area contributed by atoms with Gasteiger partial charge >= 0.3 is 0 Å². The average Bonchev–Trinajstić information content (AvgIpc) is 3.21. The van der Waals surface area contributed by atoms with Gasteiger partial charge < -0.3 is 25.3 Å². The predicted molar refractivity (Wildman–Crippen MR) is 129 cm³/mol. The second-order valence-electron chi connectivity index (χ2n) is 10.2. The SMILES string of the molecule is CC1(NC(=O)[C@H](O)[C@@H](O)C(=O)N2Cc3ccccc3C2)CC12CCN(c1ccccc1C#N)CC2. The molecule has 2 aromatic carbocycles. The maximum Gasteiger partial charge on any atom is 0.255 e. The number of rotatable bonds is 5. The van der Waals surface area contributed by atoms with Crippen LogP contribution in [0.15, 0.2) is 48.5 Å². The zero-order valence-corrected chi connectivity index (χ0v) is 19.8. The maximum absolute atomic E-state index is 12.8. The molecule has 35 heavy (non-hydrogen) atoms. The monoisotopic (exact) mass is 474 g/mol. The molecular weight excluding hydrogens is 444 g/mol. The number of anilines is 1. The van der Waals surface area contributed by atoms with E-state index in [-0.39, 0.29) is 5.41 Å². The van der Waals surface area contributed by atoms with E-state index in [9.17, 15) is 25.1 Å². The number of fused-ring (bicyclic) bond motifs is 1. The van der Waals surface area contributed by atoms with E-state index < -0.39 is 29.6 Å². The van der Waals surface area contributed by atoms with E-state index in [1.807, 2.05) is 55.5 Å². The van der Waals surface area contributed by atoms with Gasteiger partial charge in [0.05, 0.1) is 11.3 Å². The van der Waals surface area contributed by atoms with Crippen molar-refractivity contribution in [2.45, 2.75) is 57.0 Å². The normalized spacial score (nSPS) is 23.8. The molecule has 3 N–H and O–H groups in total. The van der Waals surface area contributed by atoms with Crippen molar-refractivity contribution < 1.29 is 19.8 Å². The molecule has 3 atom stereocenters. The van der Waals surface area contributed by atoms with E-state index in [1.165, 1.54) is 4.90 Å². The van der Waals surface area contributed by atoms with Gasteiger partial charge in [0.1, 0.15) is 6.07 Å². The summed E-state index contributed by atoms with van der Waals surface area (Å²) in [6.07, 6.45) is -1.19. The van der Waals surface area contributed by atoms with Gasteiger partial charge in [-0.3, -0.25) is 9.59 Å². The Labute approximate surface area is 204 Å². The number of carbonyl (C=O) groups excluding carboxylic acids is 2. The van der Waals surface area contributed by atoms with Crippen molar-refractivity contribution >= 4 is 17.5 Å². The molecule has 1 saturated carbocycles. The first-order chi connectivity index (χ1) is 16.8. The molecule has 5 rings (SSSR count). The topological polar surface area (TPSA) is 117 Å². The average molecular weight is 475 g/mol. The Morgan fingerprint density at radius 3 is 2.23 bits per heavy atom. The highest BCUT2D eigenvalue weighted by Gasteiger charge is 2.65. The lowest BCUT2D eigenvalue weighted by molar-refractivity contribution is -0.154. The van der Waals surface area contributed by atoms with Gasteiger partial charge in [0.15, 0.2) is 12.2 Å². The van der Waals surface area contributed by atoms with Crippen LogP contribution in [0.4, 0.5) is 5.69 Å². The van der Waals surface area contributed by atoms with E-state index in [2.05, 4.69) is 16.3 Å². The van der Waals surface area contributed by atoms with Crippen molar-refractivity contribution in [1.29, 1.82) is 5.26 Å². The number of aliphatic hydroxyl groups is 2. The van der Waals surface area contributed by atoms with E-state index in [0.29, 0.717) is 18.7 Å². The molecule has 182 valence electrons. The molecule has 8 nitrogen and oxygen atoms in total. The smallest absolute Gasteiger partial charge is 0.255 e. The molecule has 1 aliphatic carbocycles. The third kappa shape index (κ3) is 4.05. The van der Waals surface area contributed by atoms with Crippen LogP contribution in [0.25, 0.3) is 0 Å². The minimum absolute atomic E-state index is 0.0912. The first-order valence-electron chi connectivity index (χ1n) is 12.0. The summed E-state index contributed by atoms with van der Waals surface area (Å²) in [4.78, 5) is 29.3. The minimum Gasteiger partial charge on any atom is -0.380 e. The van der Waals surface area contributed by atoms with Crippen molar-refractivity contribution in [3.8, 4) is 6.07 Å². The van der Waals surface area contributed by atoms with Crippen LogP contribution in [0.5, 0.6) is 0 Å². The van der Waals surface area contributed by atoms with Gasteiger partial charge in [-0.25, -0.2) is 0 Å². The summed E-state index contributed by atoms with van der Waals surface area (Å²) in [5, 5.41) is 33.3. The van der Waals surface area contributed by atoms with Crippen LogP contribution in [-0.2, 0) is 22.7 Å². The number of nitrogens with zero attached hydrogens (tertiary/aromatic N) is 3. The zero-order chi connectivity index (χ0) is 24.8. The standard InChI is InChI=1S/C27H30N4O4/c1-26(17-27(26)10-12-30(13-11-27)21-9-5-4-6-18(21)14-28)29-24(34)22(32)23(33)25(35)31-15-19-7-2-3-8-20(19)16-31/h2-9,22-23,32-33H,10-13,15-17H2,1H3,(H,29,34)/t22-,23-,26?/m1/s1. The summed E-state index contributed by atoms with van der Waals surface area (Å²) in [5.74, 6) is -1.37.